The molecule has 3 rings (SSSR count). The van der Waals surface area contributed by atoms with Crippen LogP contribution in [0.15, 0.2) is 0 Å². The summed E-state index contributed by atoms with van der Waals surface area (Å²) >= 11 is 0. The van der Waals surface area contributed by atoms with Gasteiger partial charge in [-0.05, 0) is 31.6 Å². The number of hydrogen-bond donors (Lipinski definition) is 2. The van der Waals surface area contributed by atoms with E-state index in [-0.39, 0.29) is 5.91 Å². The molecule has 1 heterocycles. The maximum absolute atomic E-state index is 11.8. The zero-order valence-electron chi connectivity index (χ0n) is 9.61. The molecule has 0 bridgehead atoms. The predicted molar refractivity (Wildman–Crippen MR) is 59.1 cm³/mol. The standard InChI is InChI=1S/C11H16N4O2/c16-11(14-17-6-7-2-1-3-7)10-9(8-4-5-8)12-15-13-10/h7-8H,1-6H2,(H,14,16)(H,12,13,15). The summed E-state index contributed by atoms with van der Waals surface area (Å²) in [6.07, 6.45) is 5.86. The van der Waals surface area contributed by atoms with Gasteiger partial charge in [0.15, 0.2) is 5.69 Å². The number of carbonyl (C=O) groups is 1. The summed E-state index contributed by atoms with van der Waals surface area (Å²) in [6, 6.07) is 0. The highest BCUT2D eigenvalue weighted by molar-refractivity contribution is 5.92. The van der Waals surface area contributed by atoms with Gasteiger partial charge in [-0.25, -0.2) is 5.48 Å². The number of aromatic amines is 1. The number of hydroxylamine groups is 1. The molecule has 2 fully saturated rings. The van der Waals surface area contributed by atoms with E-state index in [1.807, 2.05) is 0 Å². The van der Waals surface area contributed by atoms with Crippen LogP contribution in [-0.2, 0) is 4.84 Å². The third-order valence-corrected chi connectivity index (χ3v) is 3.46. The van der Waals surface area contributed by atoms with Crippen molar-refractivity contribution in [3.63, 3.8) is 0 Å². The Labute approximate surface area is 99.1 Å². The molecule has 17 heavy (non-hydrogen) atoms. The molecule has 1 aromatic rings. The van der Waals surface area contributed by atoms with Crippen LogP contribution in [0.1, 0.15) is 54.2 Å². The fourth-order valence-electron chi connectivity index (χ4n) is 1.98. The van der Waals surface area contributed by atoms with E-state index in [0.29, 0.717) is 24.1 Å². The molecule has 2 aliphatic rings. The van der Waals surface area contributed by atoms with E-state index in [0.717, 1.165) is 18.5 Å². The summed E-state index contributed by atoms with van der Waals surface area (Å²) in [4.78, 5) is 17.0. The molecular formula is C11H16N4O2. The highest BCUT2D eigenvalue weighted by Crippen LogP contribution is 2.39. The van der Waals surface area contributed by atoms with Crippen LogP contribution in [0.3, 0.4) is 0 Å². The van der Waals surface area contributed by atoms with Gasteiger partial charge < -0.3 is 0 Å². The number of carbonyl (C=O) groups excluding carboxylic acids is 1. The third-order valence-electron chi connectivity index (χ3n) is 3.46. The molecule has 0 aliphatic heterocycles. The van der Waals surface area contributed by atoms with Gasteiger partial charge in [-0.2, -0.15) is 15.4 Å². The minimum Gasteiger partial charge on any atom is -0.273 e. The SMILES string of the molecule is O=C(NOCC1CCC1)c1n[nH]nc1C1CC1. The average Bonchev–Trinajstić information content (AvgIpc) is 2.99. The first-order valence-electron chi connectivity index (χ1n) is 6.17. The Hall–Kier alpha value is -1.43. The fraction of sp³-hybridized carbons (Fsp3) is 0.727. The fourth-order valence-corrected chi connectivity index (χ4v) is 1.98. The second-order valence-corrected chi connectivity index (χ2v) is 4.87. The van der Waals surface area contributed by atoms with Crippen molar-refractivity contribution in [3.8, 4) is 0 Å². The maximum atomic E-state index is 11.8. The summed E-state index contributed by atoms with van der Waals surface area (Å²) in [6.45, 7) is 0.600. The highest BCUT2D eigenvalue weighted by Gasteiger charge is 2.32. The van der Waals surface area contributed by atoms with Gasteiger partial charge in [-0.3, -0.25) is 9.63 Å². The summed E-state index contributed by atoms with van der Waals surface area (Å²) in [5.41, 5.74) is 3.59. The lowest BCUT2D eigenvalue weighted by Crippen LogP contribution is -2.29. The lowest BCUT2D eigenvalue weighted by Gasteiger charge is -2.24. The van der Waals surface area contributed by atoms with Gasteiger partial charge in [0.05, 0.1) is 12.3 Å². The van der Waals surface area contributed by atoms with Crippen LogP contribution in [0.25, 0.3) is 0 Å². The zero-order valence-corrected chi connectivity index (χ0v) is 9.61. The van der Waals surface area contributed by atoms with E-state index in [1.54, 1.807) is 0 Å². The second-order valence-electron chi connectivity index (χ2n) is 4.87. The summed E-state index contributed by atoms with van der Waals surface area (Å²) in [5.74, 6) is 0.719. The van der Waals surface area contributed by atoms with E-state index >= 15 is 0 Å². The van der Waals surface area contributed by atoms with E-state index in [4.69, 9.17) is 4.84 Å². The van der Waals surface area contributed by atoms with Crippen LogP contribution in [0.2, 0.25) is 0 Å². The molecule has 0 unspecified atom stereocenters. The van der Waals surface area contributed by atoms with Crippen molar-refractivity contribution < 1.29 is 9.63 Å². The van der Waals surface area contributed by atoms with Crippen LogP contribution in [0.5, 0.6) is 0 Å². The molecule has 0 radical (unpaired) electrons. The van der Waals surface area contributed by atoms with Gasteiger partial charge in [0, 0.05) is 5.92 Å². The number of rotatable bonds is 5. The van der Waals surface area contributed by atoms with Crippen LogP contribution in [0.4, 0.5) is 0 Å². The van der Waals surface area contributed by atoms with Gasteiger partial charge in [-0.1, -0.05) is 6.42 Å². The van der Waals surface area contributed by atoms with Crippen molar-refractivity contribution in [2.45, 2.75) is 38.0 Å². The molecule has 2 aliphatic carbocycles. The smallest absolute Gasteiger partial charge is 0.273 e. The van der Waals surface area contributed by atoms with Gasteiger partial charge in [0.2, 0.25) is 0 Å². The van der Waals surface area contributed by atoms with Crippen molar-refractivity contribution >= 4 is 5.91 Å². The Balaban J connectivity index is 1.51. The lowest BCUT2D eigenvalue weighted by molar-refractivity contribution is 0.00281. The maximum Gasteiger partial charge on any atom is 0.297 e. The average molecular weight is 236 g/mol. The summed E-state index contributed by atoms with van der Waals surface area (Å²) in [5, 5.41) is 10.4. The first kappa shape index (κ1) is 10.7. The van der Waals surface area contributed by atoms with Crippen molar-refractivity contribution in [2.75, 3.05) is 6.61 Å². The van der Waals surface area contributed by atoms with Crippen LogP contribution in [-0.4, -0.2) is 27.9 Å². The molecule has 0 saturated heterocycles. The number of aromatic nitrogens is 3. The van der Waals surface area contributed by atoms with Crippen LogP contribution >= 0.6 is 0 Å². The van der Waals surface area contributed by atoms with Crippen LogP contribution < -0.4 is 5.48 Å². The Morgan fingerprint density at radius 3 is 2.82 bits per heavy atom. The molecule has 2 N–H and O–H groups in total. The molecule has 0 spiro atoms. The molecule has 1 aromatic heterocycles. The number of hydrogen-bond acceptors (Lipinski definition) is 4. The summed E-state index contributed by atoms with van der Waals surface area (Å²) in [7, 11) is 0. The van der Waals surface area contributed by atoms with E-state index in [2.05, 4.69) is 20.9 Å². The lowest BCUT2D eigenvalue weighted by atomic mass is 9.86. The van der Waals surface area contributed by atoms with Gasteiger partial charge in [-0.15, -0.1) is 0 Å². The largest absolute Gasteiger partial charge is 0.297 e. The number of amides is 1. The molecule has 92 valence electrons. The quantitative estimate of drug-likeness (QED) is 0.751. The molecule has 6 nitrogen and oxygen atoms in total. The van der Waals surface area contributed by atoms with Gasteiger partial charge in [0.25, 0.3) is 5.91 Å². The number of nitrogens with zero attached hydrogens (tertiary/aromatic N) is 2. The van der Waals surface area contributed by atoms with Crippen LogP contribution in [0, 0.1) is 5.92 Å². The minimum atomic E-state index is -0.292. The number of H-pyrrole nitrogens is 1. The first-order valence-corrected chi connectivity index (χ1v) is 6.17. The Bertz CT molecular complexity index is 409. The van der Waals surface area contributed by atoms with E-state index in [1.165, 1.54) is 19.3 Å². The molecule has 1 amide bonds. The molecule has 2 saturated carbocycles. The topological polar surface area (TPSA) is 79.9 Å². The molecular weight excluding hydrogens is 220 g/mol. The van der Waals surface area contributed by atoms with Gasteiger partial charge >= 0.3 is 0 Å². The molecule has 6 heteroatoms. The van der Waals surface area contributed by atoms with E-state index in [9.17, 15) is 4.79 Å². The highest BCUT2D eigenvalue weighted by atomic mass is 16.7. The first-order chi connectivity index (χ1) is 8.34. The summed E-state index contributed by atoms with van der Waals surface area (Å²) < 4.78 is 0. The Morgan fingerprint density at radius 2 is 2.18 bits per heavy atom. The Kier molecular flexibility index (Phi) is 2.80. The minimum absolute atomic E-state index is 0.292. The molecule has 0 atom stereocenters. The zero-order chi connectivity index (χ0) is 11.7. The predicted octanol–water partition coefficient (Wildman–Crippen LogP) is 1.14. The van der Waals surface area contributed by atoms with Crippen molar-refractivity contribution in [2.24, 2.45) is 5.92 Å². The van der Waals surface area contributed by atoms with Crippen molar-refractivity contribution in [1.29, 1.82) is 0 Å². The third kappa shape index (κ3) is 2.31. The Morgan fingerprint density at radius 1 is 1.35 bits per heavy atom. The van der Waals surface area contributed by atoms with Crippen molar-refractivity contribution in [1.82, 2.24) is 20.9 Å². The van der Waals surface area contributed by atoms with Crippen molar-refractivity contribution in [3.05, 3.63) is 11.4 Å². The van der Waals surface area contributed by atoms with E-state index < -0.39 is 0 Å². The number of nitrogens with one attached hydrogen (secondary N) is 2. The molecule has 0 aromatic carbocycles. The van der Waals surface area contributed by atoms with Gasteiger partial charge in [0.1, 0.15) is 0 Å². The second kappa shape index (κ2) is 4.44. The monoisotopic (exact) mass is 236 g/mol. The normalized spacial score (nSPS) is 20.0.